The van der Waals surface area contributed by atoms with E-state index in [1.165, 1.54) is 11.1 Å². The van der Waals surface area contributed by atoms with Gasteiger partial charge in [0.2, 0.25) is 0 Å². The van der Waals surface area contributed by atoms with E-state index < -0.39 is 0 Å². The molecule has 0 spiro atoms. The van der Waals surface area contributed by atoms with Crippen LogP contribution in [0.5, 0.6) is 5.75 Å². The molecular weight excluding hydrogens is 186 g/mol. The van der Waals surface area contributed by atoms with Crippen molar-refractivity contribution < 1.29 is 4.74 Å². The van der Waals surface area contributed by atoms with Crippen LogP contribution in [0, 0.1) is 0 Å². The molecule has 15 heavy (non-hydrogen) atoms. The molecule has 0 aliphatic rings. The second kappa shape index (κ2) is 6.25. The van der Waals surface area contributed by atoms with E-state index in [0.29, 0.717) is 6.61 Å². The fourth-order valence-electron chi connectivity index (χ4n) is 1.25. The van der Waals surface area contributed by atoms with Crippen molar-refractivity contribution in [1.29, 1.82) is 0 Å². The standard InChI is InChI=1S/C13H19NO/c1-11(2)7-8-15-13-6-4-5-12(9-13)10-14-3/h4-7,9,14H,8,10H2,1-3H3. The second-order valence-corrected chi connectivity index (χ2v) is 3.77. The Hall–Kier alpha value is -1.28. The predicted octanol–water partition coefficient (Wildman–Crippen LogP) is 2.75. The molecule has 82 valence electrons. The van der Waals surface area contributed by atoms with Gasteiger partial charge in [-0.3, -0.25) is 0 Å². The van der Waals surface area contributed by atoms with Crippen LogP contribution in [0.3, 0.4) is 0 Å². The highest BCUT2D eigenvalue weighted by atomic mass is 16.5. The van der Waals surface area contributed by atoms with Crippen LogP contribution in [-0.4, -0.2) is 13.7 Å². The van der Waals surface area contributed by atoms with Gasteiger partial charge in [0.05, 0.1) is 0 Å². The van der Waals surface area contributed by atoms with Crippen molar-refractivity contribution in [2.75, 3.05) is 13.7 Å². The minimum Gasteiger partial charge on any atom is -0.490 e. The van der Waals surface area contributed by atoms with Crippen molar-refractivity contribution >= 4 is 0 Å². The van der Waals surface area contributed by atoms with Crippen molar-refractivity contribution in [2.24, 2.45) is 0 Å². The number of hydrogen-bond acceptors (Lipinski definition) is 2. The topological polar surface area (TPSA) is 21.3 Å². The Morgan fingerprint density at radius 2 is 2.20 bits per heavy atom. The van der Waals surface area contributed by atoms with Gasteiger partial charge in [0.1, 0.15) is 12.4 Å². The summed E-state index contributed by atoms with van der Waals surface area (Å²) in [6.07, 6.45) is 2.07. The van der Waals surface area contributed by atoms with E-state index in [1.54, 1.807) is 0 Å². The zero-order chi connectivity index (χ0) is 11.1. The molecule has 0 atom stereocenters. The van der Waals surface area contributed by atoms with Crippen molar-refractivity contribution in [2.45, 2.75) is 20.4 Å². The van der Waals surface area contributed by atoms with Gasteiger partial charge in [-0.1, -0.05) is 17.7 Å². The average Bonchev–Trinajstić information content (AvgIpc) is 2.18. The lowest BCUT2D eigenvalue weighted by molar-refractivity contribution is 0.361. The number of hydrogen-bond donors (Lipinski definition) is 1. The molecule has 0 saturated carbocycles. The maximum absolute atomic E-state index is 5.60. The SMILES string of the molecule is CNCc1cccc(OCC=C(C)C)c1. The Morgan fingerprint density at radius 1 is 1.40 bits per heavy atom. The lowest BCUT2D eigenvalue weighted by Crippen LogP contribution is -2.05. The highest BCUT2D eigenvalue weighted by Gasteiger charge is 1.94. The van der Waals surface area contributed by atoms with Crippen LogP contribution in [0.15, 0.2) is 35.9 Å². The van der Waals surface area contributed by atoms with Gasteiger partial charge in [-0.05, 0) is 44.7 Å². The molecule has 2 heteroatoms. The first-order chi connectivity index (χ1) is 7.22. The molecule has 0 heterocycles. The van der Waals surface area contributed by atoms with Gasteiger partial charge in [-0.15, -0.1) is 0 Å². The fourth-order valence-corrected chi connectivity index (χ4v) is 1.25. The predicted molar refractivity (Wildman–Crippen MR) is 64.1 cm³/mol. The van der Waals surface area contributed by atoms with Gasteiger partial charge in [0.25, 0.3) is 0 Å². The molecule has 0 bridgehead atoms. The summed E-state index contributed by atoms with van der Waals surface area (Å²) in [6.45, 7) is 5.66. The van der Waals surface area contributed by atoms with E-state index in [2.05, 4.69) is 37.4 Å². The molecule has 0 unspecified atom stereocenters. The summed E-state index contributed by atoms with van der Waals surface area (Å²) >= 11 is 0. The van der Waals surface area contributed by atoms with Crippen LogP contribution >= 0.6 is 0 Å². The molecule has 0 aromatic heterocycles. The van der Waals surface area contributed by atoms with Crippen molar-refractivity contribution in [3.8, 4) is 5.75 Å². The monoisotopic (exact) mass is 205 g/mol. The quantitative estimate of drug-likeness (QED) is 0.746. The number of nitrogens with one attached hydrogen (secondary N) is 1. The van der Waals surface area contributed by atoms with Crippen LogP contribution in [0.2, 0.25) is 0 Å². The number of allylic oxidation sites excluding steroid dienone is 1. The zero-order valence-electron chi connectivity index (χ0n) is 9.71. The molecule has 0 aliphatic carbocycles. The van der Waals surface area contributed by atoms with E-state index in [9.17, 15) is 0 Å². The molecule has 0 amide bonds. The van der Waals surface area contributed by atoms with E-state index in [0.717, 1.165) is 12.3 Å². The number of benzene rings is 1. The molecule has 1 rings (SSSR count). The Bertz CT molecular complexity index is 327. The summed E-state index contributed by atoms with van der Waals surface area (Å²) in [5.41, 5.74) is 2.52. The lowest BCUT2D eigenvalue weighted by atomic mass is 10.2. The number of rotatable bonds is 5. The average molecular weight is 205 g/mol. The van der Waals surface area contributed by atoms with E-state index in [4.69, 9.17) is 4.74 Å². The normalized spacial score (nSPS) is 9.80. The Morgan fingerprint density at radius 3 is 2.87 bits per heavy atom. The van der Waals surface area contributed by atoms with Crippen molar-refractivity contribution in [3.63, 3.8) is 0 Å². The molecule has 0 radical (unpaired) electrons. The molecule has 1 aromatic carbocycles. The summed E-state index contributed by atoms with van der Waals surface area (Å²) in [7, 11) is 1.94. The fraction of sp³-hybridized carbons (Fsp3) is 0.385. The number of ether oxygens (including phenoxy) is 1. The summed E-state index contributed by atoms with van der Waals surface area (Å²) in [5.74, 6) is 0.931. The van der Waals surface area contributed by atoms with Gasteiger partial charge in [0.15, 0.2) is 0 Å². The van der Waals surface area contributed by atoms with Crippen molar-refractivity contribution in [1.82, 2.24) is 5.32 Å². The van der Waals surface area contributed by atoms with Crippen LogP contribution in [0.25, 0.3) is 0 Å². The van der Waals surface area contributed by atoms with E-state index in [-0.39, 0.29) is 0 Å². The zero-order valence-corrected chi connectivity index (χ0v) is 9.71. The molecule has 0 aliphatic heterocycles. The third kappa shape index (κ3) is 4.66. The van der Waals surface area contributed by atoms with Gasteiger partial charge in [0, 0.05) is 6.54 Å². The third-order valence-electron chi connectivity index (χ3n) is 2.02. The minimum absolute atomic E-state index is 0.644. The van der Waals surface area contributed by atoms with Gasteiger partial charge < -0.3 is 10.1 Å². The minimum atomic E-state index is 0.644. The Kier molecular flexibility index (Phi) is 4.91. The molecule has 1 N–H and O–H groups in total. The van der Waals surface area contributed by atoms with Crippen LogP contribution < -0.4 is 10.1 Å². The summed E-state index contributed by atoms with van der Waals surface area (Å²) < 4.78 is 5.60. The van der Waals surface area contributed by atoms with E-state index in [1.807, 2.05) is 19.2 Å². The maximum atomic E-state index is 5.60. The van der Waals surface area contributed by atoms with Gasteiger partial charge in [-0.25, -0.2) is 0 Å². The van der Waals surface area contributed by atoms with Gasteiger partial charge in [-0.2, -0.15) is 0 Å². The lowest BCUT2D eigenvalue weighted by Gasteiger charge is -2.06. The van der Waals surface area contributed by atoms with Gasteiger partial charge >= 0.3 is 0 Å². The molecule has 0 fully saturated rings. The van der Waals surface area contributed by atoms with E-state index >= 15 is 0 Å². The summed E-state index contributed by atoms with van der Waals surface area (Å²) in [4.78, 5) is 0. The third-order valence-corrected chi connectivity index (χ3v) is 2.02. The van der Waals surface area contributed by atoms with Crippen molar-refractivity contribution in [3.05, 3.63) is 41.5 Å². The largest absolute Gasteiger partial charge is 0.490 e. The first kappa shape index (κ1) is 11.8. The first-order valence-corrected chi connectivity index (χ1v) is 5.22. The second-order valence-electron chi connectivity index (χ2n) is 3.77. The first-order valence-electron chi connectivity index (χ1n) is 5.22. The van der Waals surface area contributed by atoms with Crippen LogP contribution in [0.1, 0.15) is 19.4 Å². The molecule has 2 nitrogen and oxygen atoms in total. The van der Waals surface area contributed by atoms with Crippen LogP contribution in [0.4, 0.5) is 0 Å². The van der Waals surface area contributed by atoms with Crippen LogP contribution in [-0.2, 0) is 6.54 Å². The smallest absolute Gasteiger partial charge is 0.120 e. The molecule has 1 aromatic rings. The molecule has 0 saturated heterocycles. The highest BCUT2D eigenvalue weighted by Crippen LogP contribution is 2.13. The maximum Gasteiger partial charge on any atom is 0.120 e. The summed E-state index contributed by atoms with van der Waals surface area (Å²) in [6, 6.07) is 8.15. The summed E-state index contributed by atoms with van der Waals surface area (Å²) in [5, 5.41) is 3.12. The Labute approximate surface area is 92.0 Å². The highest BCUT2D eigenvalue weighted by molar-refractivity contribution is 5.28. The Balaban J connectivity index is 2.53. The molecular formula is C13H19NO.